The molecule has 3 heteroatoms. The van der Waals surface area contributed by atoms with E-state index in [2.05, 4.69) is 239 Å². The Kier molecular flexibility index (Phi) is 8.76. The van der Waals surface area contributed by atoms with Gasteiger partial charge in [0.2, 0.25) is 0 Å². The monoisotopic (exact) mass is 760 g/mol. The first-order valence-electron chi connectivity index (χ1n) is 21.0. The van der Waals surface area contributed by atoms with Gasteiger partial charge in [-0.25, -0.2) is 0 Å². The molecular formula is C56H49BN2. The lowest BCUT2D eigenvalue weighted by molar-refractivity contribution is 0.590. The van der Waals surface area contributed by atoms with Crippen LogP contribution in [-0.2, 0) is 10.8 Å². The molecule has 0 fully saturated rings. The fraction of sp³-hybridized carbons (Fsp3) is 0.143. The van der Waals surface area contributed by atoms with Crippen LogP contribution in [0.5, 0.6) is 0 Å². The molecule has 2 nitrogen and oxygen atoms in total. The summed E-state index contributed by atoms with van der Waals surface area (Å²) in [5.74, 6) is 0. The molecule has 8 aromatic carbocycles. The number of para-hydroxylation sites is 2. The van der Waals surface area contributed by atoms with Crippen molar-refractivity contribution in [1.29, 1.82) is 0 Å². The van der Waals surface area contributed by atoms with Crippen molar-refractivity contribution in [2.24, 2.45) is 0 Å². The SMILES string of the molecule is CC(C)(C)c1ccc2c(c1)B1c3cc(C(C)(C)C)ccc3N(c3ccccc3)c3cc(-c4c(-c5ccccc5)cccc4-c4ccccc4)cc(c31)N2c1ccccc1. The van der Waals surface area contributed by atoms with Crippen molar-refractivity contribution in [3.05, 3.63) is 199 Å². The minimum atomic E-state index is -0.0185. The molecule has 0 radical (unpaired) electrons. The van der Waals surface area contributed by atoms with Gasteiger partial charge in [0.15, 0.2) is 0 Å². The van der Waals surface area contributed by atoms with Crippen LogP contribution < -0.4 is 26.2 Å². The Balaban J connectivity index is 1.37. The summed E-state index contributed by atoms with van der Waals surface area (Å²) in [6, 6.07) is 70.0. The zero-order valence-electron chi connectivity index (χ0n) is 34.9. The van der Waals surface area contributed by atoms with E-state index in [1.54, 1.807) is 0 Å². The van der Waals surface area contributed by atoms with E-state index in [0.717, 1.165) is 11.4 Å². The highest BCUT2D eigenvalue weighted by Gasteiger charge is 2.44. The second-order valence-electron chi connectivity index (χ2n) is 18.2. The fourth-order valence-electron chi connectivity index (χ4n) is 9.37. The number of anilines is 6. The third kappa shape index (κ3) is 6.28. The Morgan fingerprint density at radius 3 is 1.14 bits per heavy atom. The van der Waals surface area contributed by atoms with Crippen LogP contribution in [0.15, 0.2) is 188 Å². The molecule has 286 valence electrons. The van der Waals surface area contributed by atoms with E-state index in [1.165, 1.54) is 83.6 Å². The van der Waals surface area contributed by atoms with Crippen LogP contribution in [0, 0.1) is 0 Å². The summed E-state index contributed by atoms with van der Waals surface area (Å²) in [6.07, 6.45) is 0. The Labute approximate surface area is 350 Å². The number of hydrogen-bond donors (Lipinski definition) is 0. The lowest BCUT2D eigenvalue weighted by atomic mass is 9.33. The van der Waals surface area contributed by atoms with Crippen molar-refractivity contribution in [1.82, 2.24) is 0 Å². The summed E-state index contributed by atoms with van der Waals surface area (Å²) in [5.41, 5.74) is 21.1. The maximum Gasteiger partial charge on any atom is 0.252 e. The molecule has 2 aliphatic heterocycles. The minimum absolute atomic E-state index is 0.0153. The topological polar surface area (TPSA) is 6.48 Å². The van der Waals surface area contributed by atoms with Crippen molar-refractivity contribution in [3.8, 4) is 33.4 Å². The van der Waals surface area contributed by atoms with Crippen LogP contribution in [0.4, 0.5) is 34.1 Å². The largest absolute Gasteiger partial charge is 0.311 e. The van der Waals surface area contributed by atoms with E-state index in [9.17, 15) is 0 Å². The van der Waals surface area contributed by atoms with E-state index >= 15 is 0 Å². The molecule has 0 atom stereocenters. The van der Waals surface area contributed by atoms with E-state index in [4.69, 9.17) is 0 Å². The van der Waals surface area contributed by atoms with Crippen molar-refractivity contribution in [2.75, 3.05) is 9.80 Å². The molecule has 0 bridgehead atoms. The van der Waals surface area contributed by atoms with Gasteiger partial charge in [0.1, 0.15) is 0 Å². The number of nitrogens with zero attached hydrogens (tertiary/aromatic N) is 2. The zero-order chi connectivity index (χ0) is 40.5. The lowest BCUT2D eigenvalue weighted by Gasteiger charge is -2.45. The van der Waals surface area contributed by atoms with Crippen molar-refractivity contribution < 1.29 is 0 Å². The Hall–Kier alpha value is -6.58. The highest BCUT2D eigenvalue weighted by Crippen LogP contribution is 2.49. The summed E-state index contributed by atoms with van der Waals surface area (Å²) in [6.45, 7) is 14.0. The summed E-state index contributed by atoms with van der Waals surface area (Å²) in [7, 11) is 0. The molecule has 59 heavy (non-hydrogen) atoms. The van der Waals surface area contributed by atoms with E-state index in [-0.39, 0.29) is 17.5 Å². The summed E-state index contributed by atoms with van der Waals surface area (Å²) in [5, 5.41) is 0. The Morgan fingerprint density at radius 2 is 0.746 bits per heavy atom. The Morgan fingerprint density at radius 1 is 0.356 bits per heavy atom. The van der Waals surface area contributed by atoms with E-state index in [0.29, 0.717) is 0 Å². The van der Waals surface area contributed by atoms with Gasteiger partial charge in [0.25, 0.3) is 6.71 Å². The quantitative estimate of drug-likeness (QED) is 0.161. The van der Waals surface area contributed by atoms with E-state index in [1.807, 2.05) is 0 Å². The third-order valence-corrected chi connectivity index (χ3v) is 12.3. The Bertz CT molecular complexity index is 2650. The zero-order valence-corrected chi connectivity index (χ0v) is 34.9. The normalized spacial score (nSPS) is 13.2. The molecule has 0 amide bonds. The molecule has 0 aromatic heterocycles. The van der Waals surface area contributed by atoms with Gasteiger partial charge in [0.05, 0.1) is 0 Å². The van der Waals surface area contributed by atoms with Gasteiger partial charge in [-0.1, -0.05) is 181 Å². The first-order chi connectivity index (χ1) is 28.6. The number of hydrogen-bond acceptors (Lipinski definition) is 2. The van der Waals surface area contributed by atoms with Crippen LogP contribution in [0.3, 0.4) is 0 Å². The molecule has 8 aromatic rings. The van der Waals surface area contributed by atoms with Gasteiger partial charge >= 0.3 is 0 Å². The number of benzene rings is 8. The second kappa shape index (κ2) is 14.1. The lowest BCUT2D eigenvalue weighted by Crippen LogP contribution is -2.61. The van der Waals surface area contributed by atoms with Crippen molar-refractivity contribution in [3.63, 3.8) is 0 Å². The highest BCUT2D eigenvalue weighted by molar-refractivity contribution is 7.00. The molecule has 0 saturated heterocycles. The molecule has 0 spiro atoms. The summed E-state index contributed by atoms with van der Waals surface area (Å²) in [4.78, 5) is 5.07. The van der Waals surface area contributed by atoms with Crippen LogP contribution in [0.2, 0.25) is 0 Å². The predicted molar refractivity (Wildman–Crippen MR) is 254 cm³/mol. The van der Waals surface area contributed by atoms with Gasteiger partial charge in [-0.2, -0.15) is 0 Å². The van der Waals surface area contributed by atoms with Crippen LogP contribution in [0.25, 0.3) is 33.4 Å². The molecule has 0 N–H and O–H groups in total. The van der Waals surface area contributed by atoms with Crippen LogP contribution in [-0.4, -0.2) is 6.71 Å². The van der Waals surface area contributed by atoms with Crippen LogP contribution in [0.1, 0.15) is 52.7 Å². The summed E-state index contributed by atoms with van der Waals surface area (Å²) >= 11 is 0. The van der Waals surface area contributed by atoms with E-state index < -0.39 is 0 Å². The predicted octanol–water partition coefficient (Wildman–Crippen LogP) is 13.4. The molecular weight excluding hydrogens is 711 g/mol. The van der Waals surface area contributed by atoms with Crippen LogP contribution >= 0.6 is 0 Å². The summed E-state index contributed by atoms with van der Waals surface area (Å²) < 4.78 is 0. The number of rotatable bonds is 5. The number of fused-ring (bicyclic) bond motifs is 4. The van der Waals surface area contributed by atoms with Crippen molar-refractivity contribution >= 4 is 57.2 Å². The van der Waals surface area contributed by atoms with Gasteiger partial charge < -0.3 is 9.80 Å². The smallest absolute Gasteiger partial charge is 0.252 e. The highest BCUT2D eigenvalue weighted by atomic mass is 15.2. The van der Waals surface area contributed by atoms with Gasteiger partial charge in [0, 0.05) is 34.1 Å². The van der Waals surface area contributed by atoms with Crippen molar-refractivity contribution in [2.45, 2.75) is 52.4 Å². The van der Waals surface area contributed by atoms with Gasteiger partial charge in [-0.3, -0.25) is 0 Å². The maximum atomic E-state index is 2.54. The third-order valence-electron chi connectivity index (χ3n) is 12.3. The first-order valence-corrected chi connectivity index (χ1v) is 21.0. The fourth-order valence-corrected chi connectivity index (χ4v) is 9.37. The van der Waals surface area contributed by atoms with Gasteiger partial charge in [-0.05, 0) is 120 Å². The minimum Gasteiger partial charge on any atom is -0.311 e. The second-order valence-corrected chi connectivity index (χ2v) is 18.2. The molecule has 0 aliphatic carbocycles. The molecule has 0 saturated carbocycles. The molecule has 2 heterocycles. The molecule has 10 rings (SSSR count). The first kappa shape index (κ1) is 36.7. The average Bonchev–Trinajstić information content (AvgIpc) is 3.26. The van der Waals surface area contributed by atoms with Gasteiger partial charge in [-0.15, -0.1) is 0 Å². The molecule has 0 unspecified atom stereocenters. The standard InChI is InChI=1S/C56H49BN2/c1-55(2,3)41-30-32-49-47(36-41)57-48-37-42(56(4,5)6)31-33-50(48)59(44-26-17-10-18-27-44)52-35-40(34-51(54(52)57)58(49)43-24-15-9-16-25-43)53-45(38-20-11-7-12-21-38)28-19-29-46(53)39-22-13-8-14-23-39/h7-37H,1-6H3. The molecule has 2 aliphatic rings. The average molecular weight is 761 g/mol. The maximum absolute atomic E-state index is 2.54.